The largest absolute Gasteiger partial charge is 0.493 e. The number of nitrogens with zero attached hydrogens (tertiary/aromatic N) is 1. The molecule has 122 valence electrons. The fraction of sp³-hybridized carbons (Fsp3) is 0.438. The van der Waals surface area contributed by atoms with E-state index in [1.165, 1.54) is 20.3 Å². The first-order valence-corrected chi connectivity index (χ1v) is 7.25. The van der Waals surface area contributed by atoms with E-state index in [1.54, 1.807) is 37.3 Å². The quantitative estimate of drug-likeness (QED) is 0.544. The van der Waals surface area contributed by atoms with Gasteiger partial charge in [0.2, 0.25) is 5.91 Å². The van der Waals surface area contributed by atoms with Crippen LogP contribution in [0.3, 0.4) is 0 Å². The molecule has 0 atom stereocenters. The molecular formula is C16H22ClNO4. The summed E-state index contributed by atoms with van der Waals surface area (Å²) in [7, 11) is 6.46. The highest BCUT2D eigenvalue weighted by atomic mass is 35.5. The molecule has 0 fully saturated rings. The Kier molecular flexibility index (Phi) is 7.77. The number of benzene rings is 1. The second kappa shape index (κ2) is 9.33. The van der Waals surface area contributed by atoms with E-state index in [2.05, 4.69) is 0 Å². The summed E-state index contributed by atoms with van der Waals surface area (Å²) in [4.78, 5) is 13.6. The lowest BCUT2D eigenvalue weighted by atomic mass is 10.2. The number of carbonyl (C=O) groups excluding carboxylic acids is 1. The maximum atomic E-state index is 12.0. The van der Waals surface area contributed by atoms with Crippen molar-refractivity contribution in [3.63, 3.8) is 0 Å². The monoisotopic (exact) mass is 327 g/mol. The van der Waals surface area contributed by atoms with E-state index in [4.69, 9.17) is 25.8 Å². The van der Waals surface area contributed by atoms with Crippen molar-refractivity contribution in [1.29, 1.82) is 0 Å². The van der Waals surface area contributed by atoms with Gasteiger partial charge >= 0.3 is 0 Å². The van der Waals surface area contributed by atoms with Gasteiger partial charge in [0.15, 0.2) is 11.5 Å². The molecule has 6 heteroatoms. The summed E-state index contributed by atoms with van der Waals surface area (Å²) in [6.45, 7) is 1.27. The first kappa shape index (κ1) is 18.3. The number of hydrogen-bond acceptors (Lipinski definition) is 4. The molecule has 0 spiro atoms. The Labute approximate surface area is 136 Å². The van der Waals surface area contributed by atoms with Crippen molar-refractivity contribution in [3.05, 3.63) is 28.8 Å². The molecule has 1 aromatic rings. The van der Waals surface area contributed by atoms with E-state index in [1.807, 2.05) is 0 Å². The Hall–Kier alpha value is -1.72. The van der Waals surface area contributed by atoms with Gasteiger partial charge in [0.05, 0.1) is 19.2 Å². The minimum Gasteiger partial charge on any atom is -0.493 e. The SMILES string of the molecule is COCCCN(C)C(=O)/C=C/c1cc(Cl)c(OC)c(OC)c1. The molecule has 0 N–H and O–H groups in total. The zero-order valence-corrected chi connectivity index (χ0v) is 14.1. The molecule has 0 heterocycles. The number of halogens is 1. The zero-order chi connectivity index (χ0) is 16.5. The molecule has 1 rings (SSSR count). The third-order valence-electron chi connectivity index (χ3n) is 3.09. The predicted octanol–water partition coefficient (Wildman–Crippen LogP) is 2.87. The van der Waals surface area contributed by atoms with Crippen molar-refractivity contribution in [3.8, 4) is 11.5 Å². The van der Waals surface area contributed by atoms with Gasteiger partial charge in [0, 0.05) is 33.4 Å². The molecule has 0 saturated heterocycles. The van der Waals surface area contributed by atoms with Crippen molar-refractivity contribution in [2.45, 2.75) is 6.42 Å². The van der Waals surface area contributed by atoms with Gasteiger partial charge in [-0.1, -0.05) is 11.6 Å². The number of ether oxygens (including phenoxy) is 3. The molecule has 5 nitrogen and oxygen atoms in total. The highest BCUT2D eigenvalue weighted by molar-refractivity contribution is 6.32. The van der Waals surface area contributed by atoms with Gasteiger partial charge in [-0.15, -0.1) is 0 Å². The number of rotatable bonds is 8. The van der Waals surface area contributed by atoms with Crippen LogP contribution in [-0.2, 0) is 9.53 Å². The molecule has 0 bridgehead atoms. The number of likely N-dealkylation sites (N-methyl/N-ethyl adjacent to an activating group) is 1. The van der Waals surface area contributed by atoms with Gasteiger partial charge in [0.25, 0.3) is 0 Å². The van der Waals surface area contributed by atoms with E-state index in [9.17, 15) is 4.79 Å². The van der Waals surface area contributed by atoms with E-state index in [0.717, 1.165) is 12.0 Å². The molecule has 0 saturated carbocycles. The molecule has 0 aliphatic carbocycles. The Morgan fingerprint density at radius 2 is 2.00 bits per heavy atom. The van der Waals surface area contributed by atoms with Crippen LogP contribution < -0.4 is 9.47 Å². The topological polar surface area (TPSA) is 48.0 Å². The molecule has 0 radical (unpaired) electrons. The molecule has 1 aromatic carbocycles. The normalized spacial score (nSPS) is 10.8. The van der Waals surface area contributed by atoms with E-state index in [-0.39, 0.29) is 5.91 Å². The molecule has 22 heavy (non-hydrogen) atoms. The van der Waals surface area contributed by atoms with Crippen molar-refractivity contribution >= 4 is 23.6 Å². The van der Waals surface area contributed by atoms with Gasteiger partial charge in [0.1, 0.15) is 0 Å². The minimum absolute atomic E-state index is 0.0815. The Bertz CT molecular complexity index is 531. The summed E-state index contributed by atoms with van der Waals surface area (Å²) in [5, 5.41) is 0.433. The van der Waals surface area contributed by atoms with Crippen LogP contribution in [0.4, 0.5) is 0 Å². The summed E-state index contributed by atoms with van der Waals surface area (Å²) < 4.78 is 15.4. The van der Waals surface area contributed by atoms with Gasteiger partial charge in [-0.05, 0) is 30.2 Å². The molecule has 0 aromatic heterocycles. The lowest BCUT2D eigenvalue weighted by Gasteiger charge is -2.14. The maximum absolute atomic E-state index is 12.0. The van der Waals surface area contributed by atoms with Crippen molar-refractivity contribution < 1.29 is 19.0 Å². The summed E-state index contributed by atoms with van der Waals surface area (Å²) in [6.07, 6.45) is 4.00. The number of carbonyl (C=O) groups is 1. The standard InChI is InChI=1S/C16H22ClNO4/c1-18(8-5-9-20-2)15(19)7-6-12-10-13(17)16(22-4)14(11-12)21-3/h6-7,10-11H,5,8-9H2,1-4H3/b7-6+. The molecule has 0 unspecified atom stereocenters. The number of methoxy groups -OCH3 is 3. The lowest BCUT2D eigenvalue weighted by molar-refractivity contribution is -0.124. The average molecular weight is 328 g/mol. The van der Waals surface area contributed by atoms with E-state index in [0.29, 0.717) is 29.7 Å². The van der Waals surface area contributed by atoms with E-state index >= 15 is 0 Å². The first-order chi connectivity index (χ1) is 10.5. The number of hydrogen-bond donors (Lipinski definition) is 0. The molecule has 0 aliphatic heterocycles. The fourth-order valence-corrected chi connectivity index (χ4v) is 2.18. The van der Waals surface area contributed by atoms with Gasteiger partial charge in [-0.25, -0.2) is 0 Å². The fourth-order valence-electron chi connectivity index (χ4n) is 1.89. The van der Waals surface area contributed by atoms with Gasteiger partial charge < -0.3 is 19.1 Å². The van der Waals surface area contributed by atoms with Crippen molar-refractivity contribution in [2.75, 3.05) is 41.5 Å². The summed E-state index contributed by atoms with van der Waals surface area (Å²) in [5.41, 5.74) is 0.765. The van der Waals surface area contributed by atoms with Crippen LogP contribution in [0.1, 0.15) is 12.0 Å². The second-order valence-electron chi connectivity index (χ2n) is 4.68. The minimum atomic E-state index is -0.0815. The Balaban J connectivity index is 2.77. The summed E-state index contributed by atoms with van der Waals surface area (Å²) in [5.74, 6) is 0.918. The molecule has 1 amide bonds. The summed E-state index contributed by atoms with van der Waals surface area (Å²) >= 11 is 6.13. The third-order valence-corrected chi connectivity index (χ3v) is 3.37. The Morgan fingerprint density at radius 3 is 2.59 bits per heavy atom. The van der Waals surface area contributed by atoms with Crippen LogP contribution in [-0.4, -0.2) is 52.3 Å². The van der Waals surface area contributed by atoms with E-state index < -0.39 is 0 Å². The average Bonchev–Trinajstić information content (AvgIpc) is 2.51. The van der Waals surface area contributed by atoms with Gasteiger partial charge in [-0.2, -0.15) is 0 Å². The molecular weight excluding hydrogens is 306 g/mol. The van der Waals surface area contributed by atoms with Gasteiger partial charge in [-0.3, -0.25) is 4.79 Å². The second-order valence-corrected chi connectivity index (χ2v) is 5.08. The lowest BCUT2D eigenvalue weighted by Crippen LogP contribution is -2.26. The zero-order valence-electron chi connectivity index (χ0n) is 13.4. The summed E-state index contributed by atoms with van der Waals surface area (Å²) in [6, 6.07) is 3.48. The van der Waals surface area contributed by atoms with Crippen LogP contribution in [0.2, 0.25) is 5.02 Å². The number of amides is 1. The highest BCUT2D eigenvalue weighted by Gasteiger charge is 2.10. The van der Waals surface area contributed by atoms with Crippen LogP contribution in [0.5, 0.6) is 11.5 Å². The maximum Gasteiger partial charge on any atom is 0.246 e. The van der Waals surface area contributed by atoms with Crippen molar-refractivity contribution in [2.24, 2.45) is 0 Å². The first-order valence-electron chi connectivity index (χ1n) is 6.87. The van der Waals surface area contributed by atoms with Crippen LogP contribution in [0, 0.1) is 0 Å². The van der Waals surface area contributed by atoms with Crippen LogP contribution >= 0.6 is 11.6 Å². The third kappa shape index (κ3) is 5.24. The Morgan fingerprint density at radius 1 is 1.27 bits per heavy atom. The van der Waals surface area contributed by atoms with Crippen LogP contribution in [0.25, 0.3) is 6.08 Å². The highest BCUT2D eigenvalue weighted by Crippen LogP contribution is 2.36. The van der Waals surface area contributed by atoms with Crippen molar-refractivity contribution in [1.82, 2.24) is 4.90 Å². The predicted molar refractivity (Wildman–Crippen MR) is 87.7 cm³/mol. The smallest absolute Gasteiger partial charge is 0.246 e. The van der Waals surface area contributed by atoms with Crippen LogP contribution in [0.15, 0.2) is 18.2 Å². The molecule has 0 aliphatic rings.